The Morgan fingerprint density at radius 1 is 1.26 bits per heavy atom. The fourth-order valence-electron chi connectivity index (χ4n) is 1.60. The van der Waals surface area contributed by atoms with E-state index in [0.717, 1.165) is 10.5 Å². The van der Waals surface area contributed by atoms with E-state index in [-0.39, 0.29) is 5.76 Å². The molecule has 6 heteroatoms. The highest BCUT2D eigenvalue weighted by molar-refractivity contribution is 6.06. The monoisotopic (exact) mass is 260 g/mol. The van der Waals surface area contributed by atoms with Crippen molar-refractivity contribution in [2.45, 2.75) is 6.92 Å². The van der Waals surface area contributed by atoms with Gasteiger partial charge in [-0.25, -0.2) is 0 Å². The molecule has 1 amide bonds. The molecule has 0 unspecified atom stereocenters. The fraction of sp³-hybridized carbons (Fsp3) is 0.154. The third-order valence-corrected chi connectivity index (χ3v) is 2.53. The molecular weight excluding hydrogens is 248 g/mol. The van der Waals surface area contributed by atoms with Crippen LogP contribution in [-0.4, -0.2) is 28.7 Å². The molecule has 1 aromatic carbocycles. The van der Waals surface area contributed by atoms with Crippen molar-refractivity contribution in [2.75, 3.05) is 11.4 Å². The number of benzene rings is 1. The molecule has 0 aliphatic carbocycles. The smallest absolute Gasteiger partial charge is 0.323 e. The van der Waals surface area contributed by atoms with Crippen LogP contribution in [0.2, 0.25) is 0 Å². The van der Waals surface area contributed by atoms with E-state index in [1.165, 1.54) is 12.3 Å². The van der Waals surface area contributed by atoms with Crippen LogP contribution < -0.4 is 4.90 Å². The fourth-order valence-corrected chi connectivity index (χ4v) is 1.60. The second-order valence-corrected chi connectivity index (χ2v) is 4.00. The quantitative estimate of drug-likeness (QED) is 0.904. The maximum atomic E-state index is 12.2. The molecule has 0 radical (unpaired) electrons. The minimum atomic E-state index is -1.10. The third kappa shape index (κ3) is 2.98. The van der Waals surface area contributed by atoms with E-state index in [1.807, 2.05) is 6.92 Å². The zero-order valence-corrected chi connectivity index (χ0v) is 10.2. The number of amides is 1. The number of hydrogen-bond acceptors (Lipinski definition) is 4. The number of rotatable bonds is 4. The number of nitrogens with zero attached hydrogens (tertiary/aromatic N) is 2. The number of aromatic nitrogens is 1. The first-order chi connectivity index (χ1) is 9.08. The van der Waals surface area contributed by atoms with Crippen LogP contribution in [0.4, 0.5) is 5.69 Å². The van der Waals surface area contributed by atoms with Gasteiger partial charge >= 0.3 is 5.97 Å². The van der Waals surface area contributed by atoms with E-state index in [4.69, 9.17) is 9.63 Å². The summed E-state index contributed by atoms with van der Waals surface area (Å²) >= 11 is 0. The lowest BCUT2D eigenvalue weighted by Crippen LogP contribution is -2.35. The second-order valence-electron chi connectivity index (χ2n) is 4.00. The molecule has 0 aliphatic rings. The first-order valence-electron chi connectivity index (χ1n) is 5.59. The van der Waals surface area contributed by atoms with Gasteiger partial charge in [-0.1, -0.05) is 22.9 Å². The molecule has 0 saturated carbocycles. The zero-order valence-electron chi connectivity index (χ0n) is 10.2. The van der Waals surface area contributed by atoms with Crippen LogP contribution in [0.15, 0.2) is 41.1 Å². The van der Waals surface area contributed by atoms with E-state index >= 15 is 0 Å². The predicted octanol–water partition coefficient (Wildman–Crippen LogP) is 1.71. The van der Waals surface area contributed by atoms with Gasteiger partial charge in [0.05, 0.1) is 6.20 Å². The van der Waals surface area contributed by atoms with Crippen LogP contribution >= 0.6 is 0 Å². The molecule has 0 aliphatic heterocycles. The van der Waals surface area contributed by atoms with Gasteiger partial charge < -0.3 is 9.63 Å². The number of carboxylic acids is 1. The highest BCUT2D eigenvalue weighted by Gasteiger charge is 2.22. The Morgan fingerprint density at radius 3 is 2.47 bits per heavy atom. The van der Waals surface area contributed by atoms with Crippen molar-refractivity contribution in [1.29, 1.82) is 0 Å². The van der Waals surface area contributed by atoms with E-state index in [9.17, 15) is 9.59 Å². The first-order valence-corrected chi connectivity index (χ1v) is 5.59. The van der Waals surface area contributed by atoms with Crippen molar-refractivity contribution in [1.82, 2.24) is 5.16 Å². The van der Waals surface area contributed by atoms with E-state index < -0.39 is 18.4 Å². The summed E-state index contributed by atoms with van der Waals surface area (Å²) in [7, 11) is 0. The maximum absolute atomic E-state index is 12.2. The lowest BCUT2D eigenvalue weighted by atomic mass is 10.2. The number of aryl methyl sites for hydroxylation is 1. The number of carboxylic acid groups (broad SMARTS) is 1. The van der Waals surface area contributed by atoms with Gasteiger partial charge in [0, 0.05) is 11.8 Å². The molecule has 6 nitrogen and oxygen atoms in total. The van der Waals surface area contributed by atoms with E-state index in [1.54, 1.807) is 24.3 Å². The minimum absolute atomic E-state index is 0.00169. The summed E-state index contributed by atoms with van der Waals surface area (Å²) in [6, 6.07) is 8.38. The summed E-state index contributed by atoms with van der Waals surface area (Å²) in [4.78, 5) is 24.2. The van der Waals surface area contributed by atoms with Crippen molar-refractivity contribution in [2.24, 2.45) is 0 Å². The summed E-state index contributed by atoms with van der Waals surface area (Å²) in [5, 5.41) is 12.3. The van der Waals surface area contributed by atoms with Gasteiger partial charge in [0.15, 0.2) is 0 Å². The van der Waals surface area contributed by atoms with Crippen molar-refractivity contribution in [3.05, 3.63) is 47.9 Å². The predicted molar refractivity (Wildman–Crippen MR) is 67.0 cm³/mol. The van der Waals surface area contributed by atoms with E-state index in [0.29, 0.717) is 5.69 Å². The average Bonchev–Trinajstić information content (AvgIpc) is 2.90. The first kappa shape index (κ1) is 12.8. The molecule has 0 saturated heterocycles. The van der Waals surface area contributed by atoms with Gasteiger partial charge in [-0.05, 0) is 19.1 Å². The SMILES string of the molecule is Cc1ccc(N(CC(=O)O)C(=O)c2ccno2)cc1. The van der Waals surface area contributed by atoms with Crippen LogP contribution in [0.25, 0.3) is 0 Å². The van der Waals surface area contributed by atoms with E-state index in [2.05, 4.69) is 5.16 Å². The Labute approximate surface area is 109 Å². The second kappa shape index (κ2) is 5.34. The highest BCUT2D eigenvalue weighted by Crippen LogP contribution is 2.17. The third-order valence-electron chi connectivity index (χ3n) is 2.53. The molecule has 98 valence electrons. The summed E-state index contributed by atoms with van der Waals surface area (Å²) in [5.41, 5.74) is 1.51. The molecule has 2 rings (SSSR count). The molecule has 0 fully saturated rings. The van der Waals surface area contributed by atoms with Crippen LogP contribution in [0.1, 0.15) is 16.1 Å². The Kier molecular flexibility index (Phi) is 3.61. The standard InChI is InChI=1S/C13H12N2O4/c1-9-2-4-10(5-3-9)15(8-12(16)17)13(18)11-6-7-14-19-11/h2-7H,8H2,1H3,(H,16,17). The molecule has 19 heavy (non-hydrogen) atoms. The molecule has 1 N–H and O–H groups in total. The van der Waals surface area contributed by atoms with Gasteiger partial charge in [-0.3, -0.25) is 14.5 Å². The Hall–Kier alpha value is -2.63. The average molecular weight is 260 g/mol. The Balaban J connectivity index is 2.33. The van der Waals surface area contributed by atoms with Crippen molar-refractivity contribution in [3.63, 3.8) is 0 Å². The molecule has 0 spiro atoms. The Morgan fingerprint density at radius 2 is 1.95 bits per heavy atom. The summed E-state index contributed by atoms with van der Waals surface area (Å²) in [6.45, 7) is 1.46. The largest absolute Gasteiger partial charge is 0.480 e. The molecule has 1 heterocycles. The van der Waals surface area contributed by atoms with Crippen LogP contribution in [0, 0.1) is 6.92 Å². The minimum Gasteiger partial charge on any atom is -0.480 e. The van der Waals surface area contributed by atoms with Crippen molar-refractivity contribution >= 4 is 17.6 Å². The number of hydrogen-bond donors (Lipinski definition) is 1. The summed E-state index contributed by atoms with van der Waals surface area (Å²) in [5.74, 6) is -1.64. The van der Waals surface area contributed by atoms with Gasteiger partial charge in [-0.2, -0.15) is 0 Å². The van der Waals surface area contributed by atoms with Crippen LogP contribution in [0.3, 0.4) is 0 Å². The number of anilines is 1. The number of carbonyl (C=O) groups is 2. The molecule has 2 aromatic rings. The molecule has 0 atom stereocenters. The van der Waals surface area contributed by atoms with Crippen molar-refractivity contribution < 1.29 is 19.2 Å². The number of aliphatic carboxylic acids is 1. The normalized spacial score (nSPS) is 10.2. The summed E-state index contributed by atoms with van der Waals surface area (Å²) in [6.07, 6.45) is 1.33. The molecule has 1 aromatic heterocycles. The lowest BCUT2D eigenvalue weighted by molar-refractivity contribution is -0.135. The zero-order chi connectivity index (χ0) is 13.8. The van der Waals surface area contributed by atoms with Gasteiger partial charge in [0.2, 0.25) is 5.76 Å². The van der Waals surface area contributed by atoms with Gasteiger partial charge in [0.25, 0.3) is 5.91 Å². The summed E-state index contributed by atoms with van der Waals surface area (Å²) < 4.78 is 4.77. The highest BCUT2D eigenvalue weighted by atomic mass is 16.5. The van der Waals surface area contributed by atoms with Crippen LogP contribution in [-0.2, 0) is 4.79 Å². The maximum Gasteiger partial charge on any atom is 0.323 e. The topological polar surface area (TPSA) is 83.6 Å². The Bertz CT molecular complexity index is 575. The van der Waals surface area contributed by atoms with Gasteiger partial charge in [0.1, 0.15) is 6.54 Å². The molecule has 0 bridgehead atoms. The molecular formula is C13H12N2O4. The lowest BCUT2D eigenvalue weighted by Gasteiger charge is -2.19. The van der Waals surface area contributed by atoms with Crippen LogP contribution in [0.5, 0.6) is 0 Å². The van der Waals surface area contributed by atoms with Crippen molar-refractivity contribution in [3.8, 4) is 0 Å². The van der Waals surface area contributed by atoms with Gasteiger partial charge in [-0.15, -0.1) is 0 Å². The number of carbonyl (C=O) groups excluding carboxylic acids is 1.